The van der Waals surface area contributed by atoms with Crippen molar-refractivity contribution < 1.29 is 23.1 Å². The number of hydrogen-bond acceptors (Lipinski definition) is 7. The van der Waals surface area contributed by atoms with E-state index in [9.17, 15) is 14.0 Å². The van der Waals surface area contributed by atoms with Gasteiger partial charge < -0.3 is 25.6 Å². The molecule has 9 nitrogen and oxygen atoms in total. The average Bonchev–Trinajstić information content (AvgIpc) is 2.89. The summed E-state index contributed by atoms with van der Waals surface area (Å²) in [5.41, 5.74) is 8.00. The highest BCUT2D eigenvalue weighted by Crippen LogP contribution is 2.35. The number of anilines is 2. The van der Waals surface area contributed by atoms with E-state index >= 15 is 4.39 Å². The van der Waals surface area contributed by atoms with Crippen LogP contribution < -0.4 is 16.0 Å². The first-order chi connectivity index (χ1) is 18.5. The third-order valence-electron chi connectivity index (χ3n) is 6.73. The number of piperazine rings is 1. The molecule has 1 fully saturated rings. The molecular weight excluding hydrogens is 506 g/mol. The number of hydrogen-bond donors (Lipinski definition) is 2. The maximum absolute atomic E-state index is 15.1. The predicted octanol–water partition coefficient (Wildman–Crippen LogP) is 4.01. The number of ether oxygens (including phenoxy) is 1. The second-order valence-electron chi connectivity index (χ2n) is 10.6. The Bertz CT molecular complexity index is 1430. The van der Waals surface area contributed by atoms with E-state index in [1.54, 1.807) is 23.2 Å². The second kappa shape index (κ2) is 10.1. The summed E-state index contributed by atoms with van der Waals surface area (Å²) in [6.07, 6.45) is 1.84. The molecule has 1 aromatic carbocycles. The number of nitrogens with one attached hydrogen (secondary N) is 1. The monoisotopic (exact) mass is 536 g/mol. The quantitative estimate of drug-likeness (QED) is 0.486. The van der Waals surface area contributed by atoms with Gasteiger partial charge in [0.2, 0.25) is 5.95 Å². The van der Waals surface area contributed by atoms with Crippen molar-refractivity contribution >= 4 is 23.5 Å². The van der Waals surface area contributed by atoms with Gasteiger partial charge in [-0.25, -0.2) is 14.2 Å². The number of carbonyl (C=O) groups excluding carboxylic acids is 2. The van der Waals surface area contributed by atoms with E-state index in [0.29, 0.717) is 50.4 Å². The number of benzene rings is 1. The van der Waals surface area contributed by atoms with Crippen molar-refractivity contribution in [2.75, 3.05) is 43.4 Å². The van der Waals surface area contributed by atoms with E-state index in [4.69, 9.17) is 10.5 Å². The number of rotatable bonds is 3. The molecule has 0 radical (unpaired) electrons. The van der Waals surface area contributed by atoms with Crippen LogP contribution in [-0.2, 0) is 11.2 Å². The number of nitrogen functional groups attached to an aromatic ring is 1. The summed E-state index contributed by atoms with van der Waals surface area (Å²) in [7, 11) is 0. The minimum Gasteiger partial charge on any atom is -0.444 e. The number of carbonyl (C=O) groups is 2. The maximum atomic E-state index is 15.1. The first-order valence-corrected chi connectivity index (χ1v) is 12.8. The molecule has 11 heteroatoms. The van der Waals surface area contributed by atoms with Crippen LogP contribution in [0.25, 0.3) is 22.4 Å². The van der Waals surface area contributed by atoms with Crippen molar-refractivity contribution in [3.8, 4) is 22.4 Å². The molecule has 0 bridgehead atoms. The van der Waals surface area contributed by atoms with Crippen LogP contribution in [0, 0.1) is 11.8 Å². The zero-order valence-electron chi connectivity index (χ0n) is 22.1. The smallest absolute Gasteiger partial charge is 0.410 e. The Morgan fingerprint density at radius 2 is 1.77 bits per heavy atom. The van der Waals surface area contributed by atoms with Crippen molar-refractivity contribution in [3.05, 3.63) is 59.4 Å². The molecule has 0 spiro atoms. The van der Waals surface area contributed by atoms with E-state index in [1.165, 1.54) is 12.1 Å². The van der Waals surface area contributed by atoms with Crippen LogP contribution >= 0.6 is 0 Å². The molecule has 0 saturated carbocycles. The fraction of sp³-hybridized carbons (Fsp3) is 0.357. The van der Waals surface area contributed by atoms with Crippen LogP contribution in [0.3, 0.4) is 0 Å². The van der Waals surface area contributed by atoms with Crippen molar-refractivity contribution in [1.29, 1.82) is 0 Å². The lowest BCUT2D eigenvalue weighted by Gasteiger charge is -2.36. The largest absolute Gasteiger partial charge is 0.444 e. The zero-order valence-corrected chi connectivity index (χ0v) is 22.1. The molecule has 3 N–H and O–H groups in total. The average molecular weight is 537 g/mol. The first kappa shape index (κ1) is 26.3. The fourth-order valence-corrected chi connectivity index (χ4v) is 4.75. The Morgan fingerprint density at radius 1 is 1.03 bits per heavy atom. The van der Waals surface area contributed by atoms with Crippen LogP contribution in [0.1, 0.15) is 36.7 Å². The first-order valence-electron chi connectivity index (χ1n) is 12.8. The number of nitrogens with two attached hydrogens (primary N) is 1. The number of halogens is 2. The van der Waals surface area contributed by atoms with Gasteiger partial charge in [-0.1, -0.05) is 0 Å². The predicted molar refractivity (Wildman–Crippen MR) is 143 cm³/mol. The summed E-state index contributed by atoms with van der Waals surface area (Å²) < 4.78 is 35.4. The summed E-state index contributed by atoms with van der Waals surface area (Å²) in [6.45, 7) is 8.15. The van der Waals surface area contributed by atoms with Crippen molar-refractivity contribution in [3.63, 3.8) is 0 Å². The van der Waals surface area contributed by atoms with Crippen LogP contribution in [0.5, 0.6) is 0 Å². The van der Waals surface area contributed by atoms with Crippen LogP contribution in [0.15, 0.2) is 36.5 Å². The SMILES string of the molecule is CC(C)(C)OC(=O)N1CCN(c2ccc(-c3cc(-c4cc5c(cc4F)C(=O)NCC5)c(N)nc3F)nc2)CC1. The highest BCUT2D eigenvalue weighted by Gasteiger charge is 2.27. The Kier molecular flexibility index (Phi) is 6.83. The third-order valence-corrected chi connectivity index (χ3v) is 6.73. The van der Waals surface area contributed by atoms with Gasteiger partial charge in [0.05, 0.1) is 23.1 Å². The summed E-state index contributed by atoms with van der Waals surface area (Å²) in [5, 5.41) is 2.69. The topological polar surface area (TPSA) is 114 Å². The Balaban J connectivity index is 1.36. The van der Waals surface area contributed by atoms with E-state index in [2.05, 4.69) is 20.2 Å². The number of fused-ring (bicyclic) bond motifs is 1. The van der Waals surface area contributed by atoms with Gasteiger partial charge in [0.15, 0.2) is 0 Å². The Labute approximate surface area is 225 Å². The normalized spacial score (nSPS) is 15.6. The molecule has 2 amide bonds. The lowest BCUT2D eigenvalue weighted by Crippen LogP contribution is -2.50. The molecule has 2 aliphatic rings. The molecule has 204 valence electrons. The van der Waals surface area contributed by atoms with Gasteiger partial charge in [-0.05, 0) is 63.1 Å². The maximum Gasteiger partial charge on any atom is 0.410 e. The van der Waals surface area contributed by atoms with Gasteiger partial charge in [-0.15, -0.1) is 0 Å². The van der Waals surface area contributed by atoms with Gasteiger partial charge in [0, 0.05) is 49.4 Å². The third kappa shape index (κ3) is 5.47. The van der Waals surface area contributed by atoms with E-state index in [1.807, 2.05) is 26.8 Å². The second-order valence-corrected chi connectivity index (χ2v) is 10.6. The Morgan fingerprint density at radius 3 is 2.44 bits per heavy atom. The molecule has 3 aromatic rings. The van der Waals surface area contributed by atoms with Crippen LogP contribution in [0.4, 0.5) is 25.1 Å². The summed E-state index contributed by atoms with van der Waals surface area (Å²) >= 11 is 0. The van der Waals surface area contributed by atoms with E-state index in [0.717, 1.165) is 5.69 Å². The fourth-order valence-electron chi connectivity index (χ4n) is 4.75. The molecule has 0 aliphatic carbocycles. The highest BCUT2D eigenvalue weighted by molar-refractivity contribution is 5.97. The number of pyridine rings is 2. The molecule has 0 unspecified atom stereocenters. The molecule has 2 aromatic heterocycles. The molecule has 1 saturated heterocycles. The van der Waals surface area contributed by atoms with Crippen molar-refractivity contribution in [2.45, 2.75) is 32.8 Å². The number of aromatic nitrogens is 2. The molecule has 4 heterocycles. The molecule has 5 rings (SSSR count). The van der Waals surface area contributed by atoms with Gasteiger partial charge in [0.1, 0.15) is 17.2 Å². The highest BCUT2D eigenvalue weighted by atomic mass is 19.1. The van der Waals surface area contributed by atoms with Crippen LogP contribution in [0.2, 0.25) is 0 Å². The van der Waals surface area contributed by atoms with Gasteiger partial charge in [-0.3, -0.25) is 9.78 Å². The molecular formula is C28H30F2N6O3. The minimum atomic E-state index is -0.819. The summed E-state index contributed by atoms with van der Waals surface area (Å²) in [6, 6.07) is 7.68. The van der Waals surface area contributed by atoms with Crippen molar-refractivity contribution in [1.82, 2.24) is 20.2 Å². The molecule has 39 heavy (non-hydrogen) atoms. The number of nitrogens with zero attached hydrogens (tertiary/aromatic N) is 4. The lowest BCUT2D eigenvalue weighted by atomic mass is 9.94. The Hall–Kier alpha value is -4.28. The standard InChI is InChI=1S/C28H30F2N6O3/c1-28(2,3)39-27(38)36-10-8-35(9-11-36)17-4-5-23(33-15-17)21-13-20(25(31)34-24(21)30)19-12-16-6-7-32-26(37)18(16)14-22(19)29/h4-5,12-15H,6-11H2,1-3H3,(H2,31,34)(H,32,37). The zero-order chi connectivity index (χ0) is 27.9. The number of amides is 2. The van der Waals surface area contributed by atoms with Gasteiger partial charge in [0.25, 0.3) is 5.91 Å². The molecule has 0 atom stereocenters. The van der Waals surface area contributed by atoms with Gasteiger partial charge in [-0.2, -0.15) is 4.39 Å². The van der Waals surface area contributed by atoms with E-state index in [-0.39, 0.29) is 40.1 Å². The van der Waals surface area contributed by atoms with Crippen molar-refractivity contribution in [2.24, 2.45) is 0 Å². The summed E-state index contributed by atoms with van der Waals surface area (Å²) in [5.74, 6) is -1.95. The lowest BCUT2D eigenvalue weighted by molar-refractivity contribution is 0.0240. The van der Waals surface area contributed by atoms with Crippen LogP contribution in [-0.4, -0.2) is 65.2 Å². The summed E-state index contributed by atoms with van der Waals surface area (Å²) in [4.78, 5) is 36.4. The van der Waals surface area contributed by atoms with E-state index < -0.39 is 17.4 Å². The van der Waals surface area contributed by atoms with Gasteiger partial charge >= 0.3 is 6.09 Å². The molecule has 2 aliphatic heterocycles. The minimum absolute atomic E-state index is 0.0790.